The van der Waals surface area contributed by atoms with Crippen LogP contribution >= 0.6 is 0 Å². The predicted molar refractivity (Wildman–Crippen MR) is 123 cm³/mol. The molecule has 3 rings (SSSR count). The number of hydrogen-bond donors (Lipinski definition) is 2. The zero-order valence-electron chi connectivity index (χ0n) is 17.8. The van der Waals surface area contributed by atoms with E-state index in [1.54, 1.807) is 30.5 Å². The Morgan fingerprint density at radius 1 is 0.871 bits per heavy atom. The van der Waals surface area contributed by atoms with E-state index in [4.69, 9.17) is 4.74 Å². The topological polar surface area (TPSA) is 79.8 Å². The van der Waals surface area contributed by atoms with E-state index in [0.29, 0.717) is 17.0 Å². The molecule has 0 heterocycles. The molecule has 0 saturated carbocycles. The van der Waals surface area contributed by atoms with Crippen LogP contribution in [0.2, 0.25) is 0 Å². The summed E-state index contributed by atoms with van der Waals surface area (Å²) in [4.78, 5) is 24.3. The van der Waals surface area contributed by atoms with Crippen molar-refractivity contribution in [3.8, 4) is 11.5 Å². The number of amides is 2. The molecule has 6 heteroatoms. The molecule has 3 aromatic carbocycles. The van der Waals surface area contributed by atoms with Crippen molar-refractivity contribution in [3.63, 3.8) is 0 Å². The van der Waals surface area contributed by atoms with Gasteiger partial charge >= 0.3 is 0 Å². The lowest BCUT2D eigenvalue weighted by atomic mass is 9.95. The minimum absolute atomic E-state index is 0.0900. The lowest BCUT2D eigenvalue weighted by Crippen LogP contribution is -2.27. The van der Waals surface area contributed by atoms with Gasteiger partial charge in [0.1, 0.15) is 11.5 Å². The number of nitrogens with zero attached hydrogens (tertiary/aromatic N) is 1. The number of hydrazone groups is 1. The van der Waals surface area contributed by atoms with Crippen LogP contribution in [-0.2, 0) is 4.79 Å². The summed E-state index contributed by atoms with van der Waals surface area (Å²) in [6.07, 6.45) is 1.55. The molecule has 0 aliphatic heterocycles. The molecule has 158 valence electrons. The fraction of sp³-hybridized carbons (Fsp3) is 0.160. The number of benzene rings is 3. The van der Waals surface area contributed by atoms with Crippen molar-refractivity contribution in [3.05, 3.63) is 90.0 Å². The highest BCUT2D eigenvalue weighted by Crippen LogP contribution is 2.21. The third-order valence-electron chi connectivity index (χ3n) is 4.30. The predicted octanol–water partition coefficient (Wildman–Crippen LogP) is 5.23. The van der Waals surface area contributed by atoms with Crippen LogP contribution in [0.25, 0.3) is 0 Å². The molecule has 0 aliphatic rings. The van der Waals surface area contributed by atoms with Crippen LogP contribution in [0.5, 0.6) is 11.5 Å². The summed E-state index contributed by atoms with van der Waals surface area (Å²) in [6, 6.07) is 23.5. The van der Waals surface area contributed by atoms with E-state index < -0.39 is 5.41 Å². The Bertz CT molecular complexity index is 1070. The summed E-state index contributed by atoms with van der Waals surface area (Å²) in [6.45, 7) is 5.52. The van der Waals surface area contributed by atoms with Crippen molar-refractivity contribution >= 4 is 23.7 Å². The van der Waals surface area contributed by atoms with Crippen molar-refractivity contribution in [1.29, 1.82) is 0 Å². The van der Waals surface area contributed by atoms with Gasteiger partial charge in [-0.05, 0) is 54.1 Å². The molecular weight excluding hydrogens is 390 g/mol. The Labute approximate surface area is 182 Å². The Hall–Kier alpha value is -3.93. The molecule has 0 unspecified atom stereocenters. The maximum atomic E-state index is 12.3. The molecule has 0 aliphatic carbocycles. The molecule has 0 fully saturated rings. The zero-order valence-corrected chi connectivity index (χ0v) is 17.8. The lowest BCUT2D eigenvalue weighted by molar-refractivity contribution is -0.123. The number of nitrogens with one attached hydrogen (secondary N) is 2. The first kappa shape index (κ1) is 21.8. The van der Waals surface area contributed by atoms with Gasteiger partial charge in [-0.1, -0.05) is 51.1 Å². The smallest absolute Gasteiger partial charge is 0.271 e. The second kappa shape index (κ2) is 9.71. The van der Waals surface area contributed by atoms with Crippen LogP contribution < -0.4 is 15.5 Å². The van der Waals surface area contributed by atoms with E-state index >= 15 is 0 Å². The lowest BCUT2D eigenvalue weighted by Gasteiger charge is -2.17. The largest absolute Gasteiger partial charge is 0.457 e. The molecule has 0 aromatic heterocycles. The molecule has 0 spiro atoms. The molecule has 3 aromatic rings. The summed E-state index contributed by atoms with van der Waals surface area (Å²) < 4.78 is 5.80. The van der Waals surface area contributed by atoms with Crippen LogP contribution in [0, 0.1) is 5.41 Å². The monoisotopic (exact) mass is 415 g/mol. The Kier molecular flexibility index (Phi) is 6.82. The van der Waals surface area contributed by atoms with Gasteiger partial charge in [0.05, 0.1) is 6.21 Å². The van der Waals surface area contributed by atoms with Gasteiger partial charge in [-0.15, -0.1) is 0 Å². The van der Waals surface area contributed by atoms with Crippen LogP contribution in [0.4, 0.5) is 5.69 Å². The van der Waals surface area contributed by atoms with Gasteiger partial charge in [-0.25, -0.2) is 5.43 Å². The van der Waals surface area contributed by atoms with Crippen LogP contribution in [0.15, 0.2) is 84.0 Å². The van der Waals surface area contributed by atoms with Crippen LogP contribution in [0.1, 0.15) is 36.7 Å². The minimum atomic E-state index is -0.492. The molecule has 31 heavy (non-hydrogen) atoms. The first-order valence-electron chi connectivity index (χ1n) is 9.89. The number of hydrogen-bond acceptors (Lipinski definition) is 4. The Morgan fingerprint density at radius 2 is 1.55 bits per heavy atom. The standard InChI is InChI=1S/C25H25N3O3/c1-25(2,3)24(30)27-20-14-12-19(13-15-20)23(29)28-26-17-18-8-7-11-22(16-18)31-21-9-5-4-6-10-21/h4-17H,1-3H3,(H,27,30)(H,28,29)/b26-17-. The van der Waals surface area contributed by atoms with Crippen molar-refractivity contribution < 1.29 is 14.3 Å². The first-order valence-corrected chi connectivity index (χ1v) is 9.89. The van der Waals surface area contributed by atoms with Gasteiger partial charge in [-0.2, -0.15) is 5.10 Å². The quantitative estimate of drug-likeness (QED) is 0.427. The average molecular weight is 415 g/mol. The number of carbonyl (C=O) groups is 2. The number of anilines is 1. The second-order valence-electron chi connectivity index (χ2n) is 7.97. The highest BCUT2D eigenvalue weighted by Gasteiger charge is 2.21. The normalized spacial score (nSPS) is 11.2. The second-order valence-corrected chi connectivity index (χ2v) is 7.97. The highest BCUT2D eigenvalue weighted by atomic mass is 16.5. The van der Waals surface area contributed by atoms with Crippen molar-refractivity contribution in [2.75, 3.05) is 5.32 Å². The Morgan fingerprint density at radius 3 is 2.23 bits per heavy atom. The first-order chi connectivity index (χ1) is 14.8. The summed E-state index contributed by atoms with van der Waals surface area (Å²) >= 11 is 0. The fourth-order valence-corrected chi connectivity index (χ4v) is 2.54. The maximum absolute atomic E-state index is 12.3. The van der Waals surface area contributed by atoms with E-state index in [2.05, 4.69) is 15.8 Å². The summed E-state index contributed by atoms with van der Waals surface area (Å²) in [7, 11) is 0. The molecule has 0 atom stereocenters. The molecule has 0 saturated heterocycles. The maximum Gasteiger partial charge on any atom is 0.271 e. The molecule has 6 nitrogen and oxygen atoms in total. The van der Waals surface area contributed by atoms with Gasteiger partial charge in [0, 0.05) is 16.7 Å². The van der Waals surface area contributed by atoms with Crippen molar-refractivity contribution in [2.24, 2.45) is 10.5 Å². The van der Waals surface area contributed by atoms with E-state index in [-0.39, 0.29) is 11.8 Å². The SMILES string of the molecule is CC(C)(C)C(=O)Nc1ccc(C(=O)N/N=C\c2cccc(Oc3ccccc3)c2)cc1. The van der Waals surface area contributed by atoms with Gasteiger partial charge in [0.15, 0.2) is 0 Å². The molecule has 0 bridgehead atoms. The van der Waals surface area contributed by atoms with Crippen LogP contribution in [-0.4, -0.2) is 18.0 Å². The molecule has 2 N–H and O–H groups in total. The third kappa shape index (κ3) is 6.54. The number of ether oxygens (including phenoxy) is 1. The van der Waals surface area contributed by atoms with Gasteiger partial charge in [0.2, 0.25) is 5.91 Å². The van der Waals surface area contributed by atoms with E-state index in [1.165, 1.54) is 0 Å². The Balaban J connectivity index is 1.57. The highest BCUT2D eigenvalue weighted by molar-refractivity contribution is 5.97. The van der Waals surface area contributed by atoms with Crippen molar-refractivity contribution in [2.45, 2.75) is 20.8 Å². The number of para-hydroxylation sites is 1. The van der Waals surface area contributed by atoms with Gasteiger partial charge < -0.3 is 10.1 Å². The zero-order chi connectivity index (χ0) is 22.3. The summed E-state index contributed by atoms with van der Waals surface area (Å²) in [5, 5.41) is 6.84. The fourth-order valence-electron chi connectivity index (χ4n) is 2.54. The van der Waals surface area contributed by atoms with E-state index in [1.807, 2.05) is 75.4 Å². The molecular formula is C25H25N3O3. The number of rotatable bonds is 6. The van der Waals surface area contributed by atoms with Crippen LogP contribution in [0.3, 0.4) is 0 Å². The summed E-state index contributed by atoms with van der Waals surface area (Å²) in [5.41, 5.74) is 3.87. The van der Waals surface area contributed by atoms with E-state index in [0.717, 1.165) is 11.3 Å². The van der Waals surface area contributed by atoms with Gasteiger partial charge in [0.25, 0.3) is 5.91 Å². The van der Waals surface area contributed by atoms with Gasteiger partial charge in [-0.3, -0.25) is 9.59 Å². The molecule has 0 radical (unpaired) electrons. The molecule has 2 amide bonds. The van der Waals surface area contributed by atoms with Crippen molar-refractivity contribution in [1.82, 2.24) is 5.43 Å². The third-order valence-corrected chi connectivity index (χ3v) is 4.30. The van der Waals surface area contributed by atoms with E-state index in [9.17, 15) is 9.59 Å². The minimum Gasteiger partial charge on any atom is -0.457 e. The average Bonchev–Trinajstić information content (AvgIpc) is 2.74. The summed E-state index contributed by atoms with van der Waals surface area (Å²) in [5.74, 6) is 0.982. The number of carbonyl (C=O) groups excluding carboxylic acids is 2.